The van der Waals surface area contributed by atoms with Crippen LogP contribution in [-0.4, -0.2) is 14.2 Å². The molecule has 0 saturated heterocycles. The highest BCUT2D eigenvalue weighted by atomic mass is 127. The van der Waals surface area contributed by atoms with Crippen molar-refractivity contribution in [2.75, 3.05) is 14.2 Å². The van der Waals surface area contributed by atoms with Crippen LogP contribution in [0.2, 0.25) is 0 Å². The number of hydrogen-bond acceptors (Lipinski definition) is 2. The fourth-order valence-corrected chi connectivity index (χ4v) is 3.50. The first kappa shape index (κ1) is 15.8. The van der Waals surface area contributed by atoms with Crippen LogP contribution in [0.4, 0.5) is 0 Å². The molecule has 1 atom stereocenters. The second-order valence-corrected chi connectivity index (χ2v) is 6.52. The van der Waals surface area contributed by atoms with Gasteiger partial charge in [0.2, 0.25) is 0 Å². The van der Waals surface area contributed by atoms with Gasteiger partial charge in [-0.25, -0.2) is 0 Å². The average molecular weight is 446 g/mol. The Morgan fingerprint density at radius 3 is 2.55 bits per heavy atom. The standard InChI is InChI=1S/C16H17BrINO/c1-10-5-4-6-13(15(10)18)16(19-2)12-8-7-11(20-3)9-14(12)17/h4-9,16,19H,1-3H3. The summed E-state index contributed by atoms with van der Waals surface area (Å²) in [6, 6.07) is 12.7. The number of methoxy groups -OCH3 is 1. The van der Waals surface area contributed by atoms with Crippen molar-refractivity contribution in [3.8, 4) is 5.75 Å². The monoisotopic (exact) mass is 445 g/mol. The first-order chi connectivity index (χ1) is 9.58. The number of ether oxygens (including phenoxy) is 1. The van der Waals surface area contributed by atoms with E-state index in [1.165, 1.54) is 20.3 Å². The predicted molar refractivity (Wildman–Crippen MR) is 95.5 cm³/mol. The highest BCUT2D eigenvalue weighted by Gasteiger charge is 2.18. The van der Waals surface area contributed by atoms with E-state index in [2.05, 4.69) is 75.0 Å². The lowest BCUT2D eigenvalue weighted by Gasteiger charge is -2.21. The number of benzene rings is 2. The van der Waals surface area contributed by atoms with E-state index in [4.69, 9.17) is 4.74 Å². The van der Waals surface area contributed by atoms with Gasteiger partial charge in [-0.15, -0.1) is 0 Å². The Morgan fingerprint density at radius 2 is 1.95 bits per heavy atom. The van der Waals surface area contributed by atoms with Crippen LogP contribution in [0.15, 0.2) is 40.9 Å². The fraction of sp³-hybridized carbons (Fsp3) is 0.250. The van der Waals surface area contributed by atoms with Crippen molar-refractivity contribution in [2.45, 2.75) is 13.0 Å². The van der Waals surface area contributed by atoms with Crippen molar-refractivity contribution in [1.82, 2.24) is 5.32 Å². The van der Waals surface area contributed by atoms with Crippen LogP contribution < -0.4 is 10.1 Å². The number of nitrogens with one attached hydrogen (secondary N) is 1. The van der Waals surface area contributed by atoms with Gasteiger partial charge in [-0.3, -0.25) is 0 Å². The molecule has 0 spiro atoms. The minimum Gasteiger partial charge on any atom is -0.497 e. The van der Waals surface area contributed by atoms with Crippen molar-refractivity contribution in [2.24, 2.45) is 0 Å². The van der Waals surface area contributed by atoms with Gasteiger partial charge < -0.3 is 10.1 Å². The zero-order chi connectivity index (χ0) is 14.7. The van der Waals surface area contributed by atoms with Gasteiger partial charge in [0, 0.05) is 8.04 Å². The lowest BCUT2D eigenvalue weighted by atomic mass is 9.97. The van der Waals surface area contributed by atoms with Gasteiger partial charge in [-0.05, 0) is 65.4 Å². The predicted octanol–water partition coefficient (Wildman–Crippen LogP) is 4.68. The molecule has 0 heterocycles. The third-order valence-corrected chi connectivity index (χ3v) is 5.50. The molecule has 0 aliphatic heterocycles. The smallest absolute Gasteiger partial charge is 0.120 e. The van der Waals surface area contributed by atoms with E-state index in [9.17, 15) is 0 Å². The van der Waals surface area contributed by atoms with Crippen LogP contribution >= 0.6 is 38.5 Å². The Balaban J connectivity index is 2.50. The van der Waals surface area contributed by atoms with Gasteiger partial charge in [-0.2, -0.15) is 0 Å². The Morgan fingerprint density at radius 1 is 1.20 bits per heavy atom. The van der Waals surface area contributed by atoms with Crippen LogP contribution in [0.25, 0.3) is 0 Å². The third-order valence-electron chi connectivity index (χ3n) is 3.34. The Bertz CT molecular complexity index is 615. The van der Waals surface area contributed by atoms with E-state index in [-0.39, 0.29) is 6.04 Å². The van der Waals surface area contributed by atoms with Crippen LogP contribution in [-0.2, 0) is 0 Å². The Hall–Kier alpha value is -0.590. The summed E-state index contributed by atoms with van der Waals surface area (Å²) in [5.74, 6) is 0.856. The van der Waals surface area contributed by atoms with E-state index in [0.29, 0.717) is 0 Å². The summed E-state index contributed by atoms with van der Waals surface area (Å²) in [5, 5.41) is 3.41. The van der Waals surface area contributed by atoms with E-state index < -0.39 is 0 Å². The van der Waals surface area contributed by atoms with Crippen molar-refractivity contribution in [3.63, 3.8) is 0 Å². The molecule has 2 nitrogen and oxygen atoms in total. The number of hydrogen-bond donors (Lipinski definition) is 1. The second-order valence-electron chi connectivity index (χ2n) is 4.59. The molecule has 1 N–H and O–H groups in total. The van der Waals surface area contributed by atoms with Gasteiger partial charge in [0.15, 0.2) is 0 Å². The number of halogens is 2. The average Bonchev–Trinajstić information content (AvgIpc) is 2.45. The lowest BCUT2D eigenvalue weighted by molar-refractivity contribution is 0.414. The van der Waals surface area contributed by atoms with Gasteiger partial charge in [-0.1, -0.05) is 40.2 Å². The summed E-state index contributed by atoms with van der Waals surface area (Å²) in [4.78, 5) is 0. The summed E-state index contributed by atoms with van der Waals surface area (Å²) in [7, 11) is 3.67. The highest BCUT2D eigenvalue weighted by molar-refractivity contribution is 14.1. The summed E-state index contributed by atoms with van der Waals surface area (Å²) in [6.45, 7) is 2.14. The van der Waals surface area contributed by atoms with Crippen LogP contribution in [0, 0.1) is 10.5 Å². The van der Waals surface area contributed by atoms with E-state index >= 15 is 0 Å². The molecule has 2 rings (SSSR count). The minimum atomic E-state index is 0.155. The molecule has 0 amide bonds. The molecule has 4 heteroatoms. The van der Waals surface area contributed by atoms with Crippen LogP contribution in [0.1, 0.15) is 22.7 Å². The quantitative estimate of drug-likeness (QED) is 0.690. The largest absolute Gasteiger partial charge is 0.497 e. The van der Waals surface area contributed by atoms with Gasteiger partial charge in [0.25, 0.3) is 0 Å². The van der Waals surface area contributed by atoms with Crippen molar-refractivity contribution >= 4 is 38.5 Å². The zero-order valence-electron chi connectivity index (χ0n) is 11.7. The molecule has 0 aliphatic carbocycles. The molecule has 1 unspecified atom stereocenters. The summed E-state index contributed by atoms with van der Waals surface area (Å²) in [5.41, 5.74) is 3.80. The van der Waals surface area contributed by atoms with Gasteiger partial charge >= 0.3 is 0 Å². The van der Waals surface area contributed by atoms with E-state index in [1.807, 2.05) is 19.2 Å². The SMILES string of the molecule is CNC(c1ccc(OC)cc1Br)c1cccc(C)c1I. The van der Waals surface area contributed by atoms with Crippen molar-refractivity contribution in [1.29, 1.82) is 0 Å². The zero-order valence-corrected chi connectivity index (χ0v) is 15.4. The molecule has 0 fully saturated rings. The molecule has 2 aromatic rings. The van der Waals surface area contributed by atoms with Crippen LogP contribution in [0.3, 0.4) is 0 Å². The molecule has 0 aromatic heterocycles. The molecule has 0 bridgehead atoms. The fourth-order valence-electron chi connectivity index (χ4n) is 2.24. The molecule has 0 radical (unpaired) electrons. The first-order valence-electron chi connectivity index (χ1n) is 6.34. The number of aryl methyl sites for hydroxylation is 1. The summed E-state index contributed by atoms with van der Waals surface area (Å²) >= 11 is 6.06. The number of rotatable bonds is 4. The maximum Gasteiger partial charge on any atom is 0.120 e. The molecule has 2 aromatic carbocycles. The van der Waals surface area contributed by atoms with E-state index in [0.717, 1.165) is 10.2 Å². The third kappa shape index (κ3) is 3.18. The molecule has 0 aliphatic rings. The Kier molecular flexibility index (Phi) is 5.46. The maximum absolute atomic E-state index is 5.26. The van der Waals surface area contributed by atoms with Crippen molar-refractivity contribution < 1.29 is 4.74 Å². The van der Waals surface area contributed by atoms with E-state index in [1.54, 1.807) is 7.11 Å². The lowest BCUT2D eigenvalue weighted by Crippen LogP contribution is -2.19. The Labute approximate surface area is 142 Å². The normalized spacial score (nSPS) is 12.2. The highest BCUT2D eigenvalue weighted by Crippen LogP contribution is 2.33. The van der Waals surface area contributed by atoms with Crippen LogP contribution in [0.5, 0.6) is 5.75 Å². The molecule has 20 heavy (non-hydrogen) atoms. The second kappa shape index (κ2) is 6.91. The molecular weight excluding hydrogens is 429 g/mol. The van der Waals surface area contributed by atoms with Gasteiger partial charge in [0.05, 0.1) is 13.2 Å². The summed E-state index contributed by atoms with van der Waals surface area (Å²) < 4.78 is 7.61. The maximum atomic E-state index is 5.26. The summed E-state index contributed by atoms with van der Waals surface area (Å²) in [6.07, 6.45) is 0. The van der Waals surface area contributed by atoms with Gasteiger partial charge in [0.1, 0.15) is 5.75 Å². The molecule has 0 saturated carbocycles. The topological polar surface area (TPSA) is 21.3 Å². The van der Waals surface area contributed by atoms with Crippen molar-refractivity contribution in [3.05, 3.63) is 61.1 Å². The molecular formula is C16H17BrINO. The first-order valence-corrected chi connectivity index (χ1v) is 8.21. The minimum absolute atomic E-state index is 0.155. The molecule has 106 valence electrons.